The van der Waals surface area contributed by atoms with E-state index in [9.17, 15) is 18.0 Å². The van der Waals surface area contributed by atoms with Crippen molar-refractivity contribution in [2.24, 2.45) is 0 Å². The Hall–Kier alpha value is -3.40. The van der Waals surface area contributed by atoms with E-state index < -0.39 is 18.1 Å². The lowest BCUT2D eigenvalue weighted by molar-refractivity contribution is -0.145. The molecule has 3 heterocycles. The smallest absolute Gasteiger partial charge is 0.451 e. The molecule has 2 aliphatic rings. The summed E-state index contributed by atoms with van der Waals surface area (Å²) in [6.45, 7) is 1.77. The number of para-hydroxylation sites is 3. The van der Waals surface area contributed by atoms with Gasteiger partial charge in [0, 0.05) is 18.5 Å². The fraction of sp³-hybridized carbons (Fsp3) is 0.318. The van der Waals surface area contributed by atoms with Gasteiger partial charge in [-0.05, 0) is 24.3 Å². The minimum Gasteiger partial charge on any atom is -0.476 e. The number of alkyl halides is 3. The maximum absolute atomic E-state index is 13.6. The number of carbonyl (C=O) groups excluding carboxylic acids is 1. The predicted octanol–water partition coefficient (Wildman–Crippen LogP) is 3.41. The highest BCUT2D eigenvalue weighted by Gasteiger charge is 2.39. The molecular formula is C22H19F3N4O3. The Morgan fingerprint density at radius 2 is 1.72 bits per heavy atom. The summed E-state index contributed by atoms with van der Waals surface area (Å²) < 4.78 is 52.0. The van der Waals surface area contributed by atoms with Gasteiger partial charge in [0.1, 0.15) is 11.6 Å². The standard InChI is InChI=1S/C22H19F3N4O3/c23-22(24,25)21-26-15-6-2-1-5-14(15)19(27-21)29-13-18(20(30)28-9-11-31-12-10-28)32-17-8-4-3-7-16(17)29/h1-8,18H,9-13H2/t18-/m0/s1. The number of hydrogen-bond acceptors (Lipinski definition) is 6. The molecule has 0 radical (unpaired) electrons. The zero-order valence-corrected chi connectivity index (χ0v) is 16.9. The zero-order valence-electron chi connectivity index (χ0n) is 16.9. The maximum Gasteiger partial charge on any atom is 0.451 e. The van der Waals surface area contributed by atoms with E-state index in [1.165, 1.54) is 6.07 Å². The molecule has 2 aromatic carbocycles. The predicted molar refractivity (Wildman–Crippen MR) is 110 cm³/mol. The van der Waals surface area contributed by atoms with Gasteiger partial charge in [-0.25, -0.2) is 9.97 Å². The van der Waals surface area contributed by atoms with Crippen molar-refractivity contribution in [3.05, 3.63) is 54.4 Å². The van der Waals surface area contributed by atoms with Crippen LogP contribution in [-0.4, -0.2) is 59.7 Å². The average molecular weight is 444 g/mol. The first kappa shape index (κ1) is 20.5. The molecule has 1 aromatic heterocycles. The van der Waals surface area contributed by atoms with Gasteiger partial charge in [-0.15, -0.1) is 0 Å². The molecule has 7 nitrogen and oxygen atoms in total. The molecular weight excluding hydrogens is 425 g/mol. The molecule has 3 aromatic rings. The van der Waals surface area contributed by atoms with E-state index in [1.54, 1.807) is 52.3 Å². The van der Waals surface area contributed by atoms with Gasteiger partial charge in [-0.1, -0.05) is 24.3 Å². The molecule has 0 saturated carbocycles. The van der Waals surface area contributed by atoms with E-state index in [0.29, 0.717) is 43.1 Å². The molecule has 0 aliphatic carbocycles. The molecule has 1 fully saturated rings. The Kier molecular flexibility index (Phi) is 5.09. The van der Waals surface area contributed by atoms with Gasteiger partial charge in [0.25, 0.3) is 5.91 Å². The minimum atomic E-state index is -4.71. The van der Waals surface area contributed by atoms with Crippen LogP contribution in [0.3, 0.4) is 0 Å². The number of benzene rings is 2. The largest absolute Gasteiger partial charge is 0.476 e. The number of aromatic nitrogens is 2. The molecule has 0 unspecified atom stereocenters. The van der Waals surface area contributed by atoms with E-state index in [0.717, 1.165) is 0 Å². The molecule has 0 N–H and O–H groups in total. The summed E-state index contributed by atoms with van der Waals surface area (Å²) in [6.07, 6.45) is -5.61. The van der Waals surface area contributed by atoms with Gasteiger partial charge in [0.2, 0.25) is 5.82 Å². The summed E-state index contributed by atoms with van der Waals surface area (Å²) in [5.74, 6) is -0.978. The Morgan fingerprint density at radius 3 is 2.50 bits per heavy atom. The number of anilines is 2. The first-order valence-corrected chi connectivity index (χ1v) is 10.2. The Bertz CT molecular complexity index is 1160. The van der Waals surface area contributed by atoms with E-state index in [1.807, 2.05) is 0 Å². The number of nitrogens with zero attached hydrogens (tertiary/aromatic N) is 4. The van der Waals surface area contributed by atoms with Crippen LogP contribution in [0.5, 0.6) is 5.75 Å². The molecule has 166 valence electrons. The van der Waals surface area contributed by atoms with Crippen LogP contribution < -0.4 is 9.64 Å². The van der Waals surface area contributed by atoms with Crippen LogP contribution in [0.2, 0.25) is 0 Å². The van der Waals surface area contributed by atoms with Crippen molar-refractivity contribution in [2.75, 3.05) is 37.7 Å². The van der Waals surface area contributed by atoms with Gasteiger partial charge in [0.05, 0.1) is 31.0 Å². The third-order valence-corrected chi connectivity index (χ3v) is 5.46. The molecule has 0 spiro atoms. The molecule has 2 aliphatic heterocycles. The lowest BCUT2D eigenvalue weighted by Gasteiger charge is -2.38. The second-order valence-electron chi connectivity index (χ2n) is 7.51. The highest BCUT2D eigenvalue weighted by Crippen LogP contribution is 2.41. The number of morpholine rings is 1. The summed E-state index contributed by atoms with van der Waals surface area (Å²) in [7, 11) is 0. The molecule has 1 amide bonds. The summed E-state index contributed by atoms with van der Waals surface area (Å²) in [5, 5.41) is 0.453. The third kappa shape index (κ3) is 3.70. The van der Waals surface area contributed by atoms with E-state index in [-0.39, 0.29) is 23.8 Å². The first-order chi connectivity index (χ1) is 15.4. The second kappa shape index (κ2) is 7.94. The van der Waals surface area contributed by atoms with Crippen LogP contribution in [-0.2, 0) is 15.7 Å². The number of amides is 1. The van der Waals surface area contributed by atoms with E-state index >= 15 is 0 Å². The number of fused-ring (bicyclic) bond motifs is 2. The Balaban J connectivity index is 1.62. The van der Waals surface area contributed by atoms with Crippen LogP contribution in [0.25, 0.3) is 10.9 Å². The number of ether oxygens (including phenoxy) is 2. The summed E-state index contributed by atoms with van der Waals surface area (Å²) in [6, 6.07) is 13.4. The highest BCUT2D eigenvalue weighted by atomic mass is 19.4. The quantitative estimate of drug-likeness (QED) is 0.604. The number of halogens is 3. The van der Waals surface area contributed by atoms with Crippen LogP contribution in [0.15, 0.2) is 48.5 Å². The Labute approximate surface area is 181 Å². The number of carbonyl (C=O) groups is 1. The molecule has 1 saturated heterocycles. The van der Waals surface area contributed by atoms with Gasteiger partial charge in [0.15, 0.2) is 6.10 Å². The zero-order chi connectivity index (χ0) is 22.3. The maximum atomic E-state index is 13.6. The normalized spacial score (nSPS) is 18.9. The minimum absolute atomic E-state index is 0.0194. The third-order valence-electron chi connectivity index (χ3n) is 5.46. The van der Waals surface area contributed by atoms with Gasteiger partial charge >= 0.3 is 6.18 Å². The fourth-order valence-corrected chi connectivity index (χ4v) is 3.94. The topological polar surface area (TPSA) is 67.8 Å². The van der Waals surface area contributed by atoms with Crippen molar-refractivity contribution in [2.45, 2.75) is 12.3 Å². The van der Waals surface area contributed by atoms with Crippen LogP contribution in [0.4, 0.5) is 24.7 Å². The van der Waals surface area contributed by atoms with Crippen molar-refractivity contribution in [3.63, 3.8) is 0 Å². The van der Waals surface area contributed by atoms with Crippen molar-refractivity contribution in [3.8, 4) is 5.75 Å². The second-order valence-corrected chi connectivity index (χ2v) is 7.51. The molecule has 1 atom stereocenters. The lowest BCUT2D eigenvalue weighted by atomic mass is 10.1. The van der Waals surface area contributed by atoms with Gasteiger partial charge in [-0.2, -0.15) is 13.2 Å². The van der Waals surface area contributed by atoms with Crippen LogP contribution in [0, 0.1) is 0 Å². The van der Waals surface area contributed by atoms with E-state index in [2.05, 4.69) is 9.97 Å². The van der Waals surface area contributed by atoms with Crippen molar-refractivity contribution >= 4 is 28.3 Å². The molecule has 32 heavy (non-hydrogen) atoms. The van der Waals surface area contributed by atoms with Crippen molar-refractivity contribution in [1.29, 1.82) is 0 Å². The van der Waals surface area contributed by atoms with Crippen LogP contribution >= 0.6 is 0 Å². The van der Waals surface area contributed by atoms with Gasteiger partial charge in [-0.3, -0.25) is 4.79 Å². The first-order valence-electron chi connectivity index (χ1n) is 10.2. The monoisotopic (exact) mass is 444 g/mol. The van der Waals surface area contributed by atoms with Crippen molar-refractivity contribution < 1.29 is 27.4 Å². The summed E-state index contributed by atoms with van der Waals surface area (Å²) >= 11 is 0. The summed E-state index contributed by atoms with van der Waals surface area (Å²) in [5.41, 5.74) is 0.709. The van der Waals surface area contributed by atoms with Crippen molar-refractivity contribution in [1.82, 2.24) is 14.9 Å². The molecule has 5 rings (SSSR count). The number of rotatable bonds is 2. The Morgan fingerprint density at radius 1 is 1.00 bits per heavy atom. The van der Waals surface area contributed by atoms with Crippen LogP contribution in [0.1, 0.15) is 5.82 Å². The fourth-order valence-electron chi connectivity index (χ4n) is 3.94. The number of hydrogen-bond donors (Lipinski definition) is 0. The highest BCUT2D eigenvalue weighted by molar-refractivity contribution is 5.93. The molecule has 10 heteroatoms. The molecule has 0 bridgehead atoms. The average Bonchev–Trinajstić information content (AvgIpc) is 2.82. The summed E-state index contributed by atoms with van der Waals surface area (Å²) in [4.78, 5) is 24.0. The van der Waals surface area contributed by atoms with E-state index in [4.69, 9.17) is 9.47 Å². The van der Waals surface area contributed by atoms with Gasteiger partial charge < -0.3 is 19.3 Å². The lowest BCUT2D eigenvalue weighted by Crippen LogP contribution is -2.52. The SMILES string of the molecule is O=C([C@@H]1CN(c2nc(C(F)(F)F)nc3ccccc23)c2ccccc2O1)N1CCOCC1.